The van der Waals surface area contributed by atoms with Gasteiger partial charge >= 0.3 is 17.9 Å². The second-order valence-corrected chi connectivity index (χ2v) is 10.6. The smallest absolute Gasteiger partial charge is 0.336 e. The van der Waals surface area contributed by atoms with E-state index < -0.39 is 36.4 Å². The van der Waals surface area contributed by atoms with Crippen LogP contribution in [0, 0.1) is 5.82 Å². The number of piperidine rings is 1. The number of carboxylic acid groups (broad SMARTS) is 3. The van der Waals surface area contributed by atoms with E-state index in [2.05, 4.69) is 10.2 Å². The quantitative estimate of drug-likeness (QED) is 0.127. The van der Waals surface area contributed by atoms with E-state index in [0.717, 1.165) is 25.9 Å². The fourth-order valence-electron chi connectivity index (χ4n) is 4.47. The number of carbonyl (C=O) groups is 4. The number of aliphatic carboxylic acids is 3. The summed E-state index contributed by atoms with van der Waals surface area (Å²) in [4.78, 5) is 45.6. The van der Waals surface area contributed by atoms with Crippen LogP contribution in [0.2, 0.25) is 5.02 Å². The summed E-state index contributed by atoms with van der Waals surface area (Å²) < 4.78 is 29.5. The minimum atomic E-state index is -2.74. The third-order valence-corrected chi connectivity index (χ3v) is 7.14. The van der Waals surface area contributed by atoms with E-state index in [0.29, 0.717) is 40.9 Å². The summed E-state index contributed by atoms with van der Waals surface area (Å²) in [6, 6.07) is 8.92. The van der Waals surface area contributed by atoms with E-state index in [-0.39, 0.29) is 23.9 Å². The van der Waals surface area contributed by atoms with E-state index in [4.69, 9.17) is 52.0 Å². The van der Waals surface area contributed by atoms with E-state index >= 15 is 0 Å². The van der Waals surface area contributed by atoms with Crippen molar-refractivity contribution in [2.45, 2.75) is 43.4 Å². The Morgan fingerprint density at radius 2 is 1.71 bits per heavy atom. The molecule has 0 unspecified atom stereocenters. The van der Waals surface area contributed by atoms with Crippen molar-refractivity contribution >= 4 is 41.1 Å². The summed E-state index contributed by atoms with van der Waals surface area (Å²) in [5.74, 6) is -4.56. The van der Waals surface area contributed by atoms with Crippen LogP contribution in [0.5, 0.6) is 11.5 Å². The Morgan fingerprint density at radius 1 is 1.09 bits per heavy atom. The van der Waals surface area contributed by atoms with Crippen LogP contribution in [-0.2, 0) is 19.1 Å². The Hall–Kier alpha value is -4.18. The summed E-state index contributed by atoms with van der Waals surface area (Å²) >= 11 is 6.09. The number of nitrogens with one attached hydrogen (secondary N) is 1. The third kappa shape index (κ3) is 11.7. The van der Waals surface area contributed by atoms with Gasteiger partial charge in [0.15, 0.2) is 5.60 Å². The summed E-state index contributed by atoms with van der Waals surface area (Å²) in [7, 11) is 3.13. The van der Waals surface area contributed by atoms with Gasteiger partial charge in [-0.05, 0) is 43.2 Å². The molecule has 0 bridgehead atoms. The highest BCUT2D eigenvalue weighted by molar-refractivity contribution is 6.33. The first kappa shape index (κ1) is 37.0. The van der Waals surface area contributed by atoms with Gasteiger partial charge in [0.1, 0.15) is 17.3 Å². The molecule has 3 rings (SSSR count). The van der Waals surface area contributed by atoms with E-state index in [9.17, 15) is 23.6 Å². The average Bonchev–Trinajstić information content (AvgIpc) is 2.97. The Labute approximate surface area is 263 Å². The zero-order valence-corrected chi connectivity index (χ0v) is 25.5. The normalized spacial score (nSPS) is 16.6. The number of methoxy groups -OCH3 is 2. The minimum Gasteiger partial charge on any atom is -0.496 e. The molecule has 7 N–H and O–H groups in total. The molecule has 1 aliphatic rings. The Balaban J connectivity index is 0.000000459. The second kappa shape index (κ2) is 17.3. The number of nitrogens with two attached hydrogens (primary N) is 1. The minimum absolute atomic E-state index is 0.139. The number of aliphatic hydroxyl groups is 1. The molecule has 2 atom stereocenters. The number of benzene rings is 2. The number of halogens is 2. The number of carboxylic acids is 3. The van der Waals surface area contributed by atoms with Gasteiger partial charge in [0.05, 0.1) is 55.0 Å². The van der Waals surface area contributed by atoms with Crippen molar-refractivity contribution in [1.29, 1.82) is 0 Å². The monoisotopic (exact) mass is 657 g/mol. The lowest BCUT2D eigenvalue weighted by molar-refractivity contribution is -0.170. The molecule has 0 aliphatic carbocycles. The second-order valence-electron chi connectivity index (χ2n) is 10.2. The van der Waals surface area contributed by atoms with E-state index in [1.165, 1.54) is 25.3 Å². The summed E-state index contributed by atoms with van der Waals surface area (Å²) in [5, 5.41) is 37.2. The standard InChI is InChI=1S/C23H29ClFN3O4.C6H8O7/c1-30-21-13-19(26)18(24)12-17(21)23(29)27-20-8-10-28(14-22(20)31-2)9-3-11-32-16-6-4-15(25)5-7-16;7-3(8)1-6(13,5(11)12)2-4(9)10/h4-7,12-13,20,22H,3,8-11,14,26H2,1-2H3,(H,27,29);13H,1-2H2,(H,7,8)(H,9,10)(H,11,12)/t20-,22+;/m0./s1. The van der Waals surface area contributed by atoms with Crippen LogP contribution in [0.3, 0.4) is 0 Å². The zero-order valence-electron chi connectivity index (χ0n) is 24.7. The van der Waals surface area contributed by atoms with Gasteiger partial charge in [-0.1, -0.05) is 11.6 Å². The summed E-state index contributed by atoms with van der Waals surface area (Å²) in [6.45, 7) is 2.89. The SMILES string of the molecule is COc1cc(N)c(Cl)cc1C(=O)N[C@H]1CCN(CCCOc2ccc(F)cc2)C[C@H]1OC.O=C(O)CC(O)(CC(=O)O)C(=O)O. The maximum atomic E-state index is 12.9. The first-order chi connectivity index (χ1) is 21.2. The van der Waals surface area contributed by atoms with Gasteiger partial charge < -0.3 is 50.6 Å². The van der Waals surface area contributed by atoms with Crippen LogP contribution < -0.4 is 20.5 Å². The molecule has 0 aromatic heterocycles. The molecule has 0 spiro atoms. The van der Waals surface area contributed by atoms with Crippen molar-refractivity contribution < 1.29 is 58.2 Å². The van der Waals surface area contributed by atoms with Gasteiger partial charge in [-0.15, -0.1) is 0 Å². The molecule has 1 heterocycles. The maximum absolute atomic E-state index is 12.9. The zero-order chi connectivity index (χ0) is 33.7. The topological polar surface area (TPSA) is 218 Å². The number of nitrogen functional groups attached to an aromatic ring is 1. The van der Waals surface area contributed by atoms with Gasteiger partial charge in [-0.3, -0.25) is 14.4 Å². The molecule has 14 nitrogen and oxygen atoms in total. The molecule has 1 aliphatic heterocycles. The summed E-state index contributed by atoms with van der Waals surface area (Å²) in [6.07, 6.45) is -0.871. The molecular formula is C29H37ClFN3O11. The average molecular weight is 658 g/mol. The molecule has 0 radical (unpaired) electrons. The summed E-state index contributed by atoms with van der Waals surface area (Å²) in [5.41, 5.74) is 3.75. The highest BCUT2D eigenvalue weighted by Gasteiger charge is 2.40. The molecule has 1 fully saturated rings. The predicted octanol–water partition coefficient (Wildman–Crippen LogP) is 2.11. The lowest BCUT2D eigenvalue weighted by atomic mass is 9.96. The maximum Gasteiger partial charge on any atom is 0.336 e. The van der Waals surface area contributed by atoms with Gasteiger partial charge in [-0.25, -0.2) is 9.18 Å². The number of hydrogen-bond donors (Lipinski definition) is 6. The highest BCUT2D eigenvalue weighted by Crippen LogP contribution is 2.29. The molecule has 0 saturated carbocycles. The molecule has 45 heavy (non-hydrogen) atoms. The first-order valence-corrected chi connectivity index (χ1v) is 14.0. The number of rotatable bonds is 14. The van der Waals surface area contributed by atoms with E-state index in [1.54, 1.807) is 25.3 Å². The van der Waals surface area contributed by atoms with Crippen LogP contribution in [-0.4, -0.2) is 107 Å². The Bertz CT molecular complexity index is 1310. The number of amides is 1. The molecule has 1 amide bonds. The first-order valence-electron chi connectivity index (χ1n) is 13.7. The highest BCUT2D eigenvalue weighted by atomic mass is 35.5. The van der Waals surface area contributed by atoms with Crippen molar-refractivity contribution in [3.63, 3.8) is 0 Å². The van der Waals surface area contributed by atoms with Gasteiger partial charge in [0, 0.05) is 32.8 Å². The molecule has 248 valence electrons. The van der Waals surface area contributed by atoms with Crippen LogP contribution in [0.15, 0.2) is 36.4 Å². The molecule has 1 saturated heterocycles. The van der Waals surface area contributed by atoms with Gasteiger partial charge in [0.25, 0.3) is 5.91 Å². The van der Waals surface area contributed by atoms with Crippen LogP contribution >= 0.6 is 11.6 Å². The van der Waals surface area contributed by atoms with Crippen molar-refractivity contribution in [3.05, 3.63) is 52.8 Å². The van der Waals surface area contributed by atoms with Crippen LogP contribution in [0.4, 0.5) is 10.1 Å². The van der Waals surface area contributed by atoms with E-state index in [1.807, 2.05) is 0 Å². The molecular weight excluding hydrogens is 621 g/mol. The van der Waals surface area contributed by atoms with Crippen LogP contribution in [0.25, 0.3) is 0 Å². The molecule has 16 heteroatoms. The Morgan fingerprint density at radius 3 is 2.24 bits per heavy atom. The lowest BCUT2D eigenvalue weighted by Gasteiger charge is -2.38. The number of carbonyl (C=O) groups excluding carboxylic acids is 1. The van der Waals surface area contributed by atoms with Crippen molar-refractivity contribution in [3.8, 4) is 11.5 Å². The largest absolute Gasteiger partial charge is 0.496 e. The molecule has 2 aromatic carbocycles. The van der Waals surface area contributed by atoms with Crippen molar-refractivity contribution in [2.75, 3.05) is 46.2 Å². The number of ether oxygens (including phenoxy) is 3. The van der Waals surface area contributed by atoms with Crippen molar-refractivity contribution in [1.82, 2.24) is 10.2 Å². The number of likely N-dealkylation sites (tertiary alicyclic amines) is 1. The fourth-order valence-corrected chi connectivity index (χ4v) is 4.64. The fraction of sp³-hybridized carbons (Fsp3) is 0.448. The van der Waals surface area contributed by atoms with Gasteiger partial charge in [0.2, 0.25) is 0 Å². The number of anilines is 1. The predicted molar refractivity (Wildman–Crippen MR) is 159 cm³/mol. The number of hydrogen-bond acceptors (Lipinski definition) is 10. The third-order valence-electron chi connectivity index (χ3n) is 6.81. The lowest BCUT2D eigenvalue weighted by Crippen LogP contribution is -2.55. The van der Waals surface area contributed by atoms with Gasteiger partial charge in [-0.2, -0.15) is 0 Å². The van der Waals surface area contributed by atoms with Crippen LogP contribution in [0.1, 0.15) is 36.0 Å². The molecule has 2 aromatic rings. The van der Waals surface area contributed by atoms with Crippen molar-refractivity contribution in [2.24, 2.45) is 0 Å². The Kier molecular flexibility index (Phi) is 14.3. The number of nitrogens with zero attached hydrogens (tertiary/aromatic N) is 1.